The van der Waals surface area contributed by atoms with Gasteiger partial charge in [-0.05, 0) is 36.6 Å². The number of aromatic nitrogens is 3. The van der Waals surface area contributed by atoms with Crippen LogP contribution in [0, 0.1) is 5.92 Å². The first-order valence-corrected chi connectivity index (χ1v) is 11.5. The number of hydrogen-bond donors (Lipinski definition) is 2. The molecule has 2 aromatic rings. The molecule has 0 spiro atoms. The van der Waals surface area contributed by atoms with Gasteiger partial charge < -0.3 is 15.4 Å². The van der Waals surface area contributed by atoms with Gasteiger partial charge in [0.2, 0.25) is 0 Å². The van der Waals surface area contributed by atoms with E-state index in [1.165, 1.54) is 12.8 Å². The Hall–Kier alpha value is -2.45. The van der Waals surface area contributed by atoms with Crippen LogP contribution in [0.1, 0.15) is 39.2 Å². The van der Waals surface area contributed by atoms with Gasteiger partial charge in [0.05, 0.1) is 19.8 Å². The Kier molecular flexibility index (Phi) is 9.30. The second-order valence-corrected chi connectivity index (χ2v) is 7.84. The zero-order valence-corrected chi connectivity index (χ0v) is 19.1. The fourth-order valence-electron chi connectivity index (χ4n) is 4.14. The number of hydrogen-bond acceptors (Lipinski definition) is 5. The molecule has 0 bridgehead atoms. The first-order valence-electron chi connectivity index (χ1n) is 11.5. The van der Waals surface area contributed by atoms with Crippen LogP contribution >= 0.6 is 0 Å². The lowest BCUT2D eigenvalue weighted by Gasteiger charge is -2.39. The molecule has 0 amide bonds. The van der Waals surface area contributed by atoms with Crippen molar-refractivity contribution in [2.75, 3.05) is 39.4 Å². The Labute approximate surface area is 186 Å². The zero-order chi connectivity index (χ0) is 21.9. The molecule has 3 heterocycles. The fraction of sp³-hybridized carbons (Fsp3) is 0.609. The highest BCUT2D eigenvalue weighted by molar-refractivity contribution is 5.79. The van der Waals surface area contributed by atoms with Gasteiger partial charge in [0.1, 0.15) is 0 Å². The van der Waals surface area contributed by atoms with E-state index in [0.29, 0.717) is 18.5 Å². The number of guanidine groups is 1. The molecule has 8 heteroatoms. The molecule has 1 unspecified atom stereocenters. The Morgan fingerprint density at radius 2 is 1.97 bits per heavy atom. The smallest absolute Gasteiger partial charge is 0.191 e. The van der Waals surface area contributed by atoms with Gasteiger partial charge in [-0.3, -0.25) is 4.90 Å². The molecule has 8 nitrogen and oxygen atoms in total. The molecule has 0 radical (unpaired) electrons. The second kappa shape index (κ2) is 12.4. The first-order chi connectivity index (χ1) is 15.2. The lowest BCUT2D eigenvalue weighted by atomic mass is 9.92. The Morgan fingerprint density at radius 1 is 1.16 bits per heavy atom. The highest BCUT2D eigenvalue weighted by Crippen LogP contribution is 2.19. The van der Waals surface area contributed by atoms with E-state index in [-0.39, 0.29) is 0 Å². The van der Waals surface area contributed by atoms with Crippen LogP contribution in [0.3, 0.4) is 0 Å². The SMILES string of the molecule is CCNC(=NCc1ccnc(-n2cccn2)c1)NCC(C(CC)CC)N1CCOCC1. The van der Waals surface area contributed by atoms with E-state index in [9.17, 15) is 0 Å². The van der Waals surface area contributed by atoms with E-state index in [1.54, 1.807) is 10.9 Å². The molecule has 2 N–H and O–H groups in total. The third-order valence-electron chi connectivity index (χ3n) is 5.90. The molecule has 2 aromatic heterocycles. The zero-order valence-electron chi connectivity index (χ0n) is 19.1. The van der Waals surface area contributed by atoms with E-state index in [2.05, 4.69) is 46.4 Å². The molecular weight excluding hydrogens is 390 g/mol. The van der Waals surface area contributed by atoms with Gasteiger partial charge in [0, 0.05) is 50.8 Å². The van der Waals surface area contributed by atoms with Crippen LogP contribution in [0.2, 0.25) is 0 Å². The van der Waals surface area contributed by atoms with Crippen molar-refractivity contribution < 1.29 is 4.74 Å². The average Bonchev–Trinajstić information content (AvgIpc) is 3.36. The normalized spacial score (nSPS) is 16.5. The molecule has 0 saturated carbocycles. The highest BCUT2D eigenvalue weighted by atomic mass is 16.5. The Morgan fingerprint density at radius 3 is 2.65 bits per heavy atom. The van der Waals surface area contributed by atoms with Crippen molar-refractivity contribution >= 4 is 5.96 Å². The molecule has 1 fully saturated rings. The average molecular weight is 428 g/mol. The summed E-state index contributed by atoms with van der Waals surface area (Å²) >= 11 is 0. The van der Waals surface area contributed by atoms with E-state index in [1.807, 2.05) is 30.6 Å². The van der Waals surface area contributed by atoms with Gasteiger partial charge in [-0.25, -0.2) is 14.7 Å². The summed E-state index contributed by atoms with van der Waals surface area (Å²) in [4.78, 5) is 11.8. The predicted molar refractivity (Wildman–Crippen MR) is 124 cm³/mol. The number of aliphatic imine (C=N–C) groups is 1. The topological polar surface area (TPSA) is 79.6 Å². The molecule has 1 saturated heterocycles. The summed E-state index contributed by atoms with van der Waals surface area (Å²) in [5.74, 6) is 2.31. The molecule has 170 valence electrons. The minimum Gasteiger partial charge on any atom is -0.379 e. The van der Waals surface area contributed by atoms with Gasteiger partial charge in [-0.15, -0.1) is 0 Å². The number of morpholine rings is 1. The van der Waals surface area contributed by atoms with E-state index in [4.69, 9.17) is 9.73 Å². The van der Waals surface area contributed by atoms with Crippen molar-refractivity contribution in [1.29, 1.82) is 0 Å². The van der Waals surface area contributed by atoms with E-state index >= 15 is 0 Å². The monoisotopic (exact) mass is 427 g/mol. The van der Waals surface area contributed by atoms with Crippen molar-refractivity contribution in [1.82, 2.24) is 30.3 Å². The van der Waals surface area contributed by atoms with Crippen LogP contribution in [0.4, 0.5) is 0 Å². The predicted octanol–water partition coefficient (Wildman–Crippen LogP) is 2.46. The summed E-state index contributed by atoms with van der Waals surface area (Å²) in [7, 11) is 0. The van der Waals surface area contributed by atoms with Gasteiger partial charge in [0.15, 0.2) is 11.8 Å². The number of nitrogens with one attached hydrogen (secondary N) is 2. The molecule has 1 atom stereocenters. The van der Waals surface area contributed by atoms with Crippen molar-refractivity contribution in [2.24, 2.45) is 10.9 Å². The minimum atomic E-state index is 0.482. The quantitative estimate of drug-likeness (QED) is 0.448. The third-order valence-corrected chi connectivity index (χ3v) is 5.90. The van der Waals surface area contributed by atoms with Crippen LogP contribution in [-0.2, 0) is 11.3 Å². The van der Waals surface area contributed by atoms with Crippen LogP contribution < -0.4 is 10.6 Å². The fourth-order valence-corrected chi connectivity index (χ4v) is 4.14. The second-order valence-electron chi connectivity index (χ2n) is 7.84. The van der Waals surface area contributed by atoms with E-state index in [0.717, 1.165) is 56.7 Å². The maximum atomic E-state index is 5.58. The van der Waals surface area contributed by atoms with Crippen LogP contribution in [0.5, 0.6) is 0 Å². The lowest BCUT2D eigenvalue weighted by molar-refractivity contribution is 0.00272. The Balaban J connectivity index is 1.66. The maximum absolute atomic E-state index is 5.58. The molecule has 31 heavy (non-hydrogen) atoms. The molecule has 3 rings (SSSR count). The summed E-state index contributed by atoms with van der Waals surface area (Å²) in [6.45, 7) is 12.6. The summed E-state index contributed by atoms with van der Waals surface area (Å²) < 4.78 is 7.34. The molecular formula is C23H37N7O. The van der Waals surface area contributed by atoms with Crippen molar-refractivity contribution in [3.05, 3.63) is 42.4 Å². The highest BCUT2D eigenvalue weighted by Gasteiger charge is 2.27. The molecule has 0 aliphatic carbocycles. The van der Waals surface area contributed by atoms with Crippen molar-refractivity contribution in [3.8, 4) is 5.82 Å². The summed E-state index contributed by atoms with van der Waals surface area (Å²) in [6, 6.07) is 6.40. The minimum absolute atomic E-state index is 0.482. The maximum Gasteiger partial charge on any atom is 0.191 e. The molecule has 1 aliphatic rings. The van der Waals surface area contributed by atoms with E-state index < -0.39 is 0 Å². The number of nitrogens with zero attached hydrogens (tertiary/aromatic N) is 5. The van der Waals surface area contributed by atoms with Crippen LogP contribution in [-0.4, -0.2) is 71.1 Å². The standard InChI is InChI=1S/C23H37N7O/c1-4-20(5-2)21(29-12-14-31-15-13-29)18-27-23(24-6-3)26-17-19-8-10-25-22(16-19)30-11-7-9-28-30/h7-11,16,20-21H,4-6,12-15,17-18H2,1-3H3,(H2,24,26,27). The largest absolute Gasteiger partial charge is 0.379 e. The summed E-state index contributed by atoms with van der Waals surface area (Å²) in [5.41, 5.74) is 1.10. The van der Waals surface area contributed by atoms with Crippen molar-refractivity contribution in [2.45, 2.75) is 46.2 Å². The van der Waals surface area contributed by atoms with Crippen LogP contribution in [0.25, 0.3) is 5.82 Å². The molecule has 1 aliphatic heterocycles. The van der Waals surface area contributed by atoms with Gasteiger partial charge in [-0.2, -0.15) is 5.10 Å². The summed E-state index contributed by atoms with van der Waals surface area (Å²) in [6.07, 6.45) is 7.82. The number of pyridine rings is 1. The number of rotatable bonds is 10. The lowest BCUT2D eigenvalue weighted by Crippen LogP contribution is -2.53. The third kappa shape index (κ3) is 6.77. The van der Waals surface area contributed by atoms with Crippen LogP contribution in [0.15, 0.2) is 41.8 Å². The number of ether oxygens (including phenoxy) is 1. The van der Waals surface area contributed by atoms with Gasteiger partial charge >= 0.3 is 0 Å². The van der Waals surface area contributed by atoms with Gasteiger partial charge in [-0.1, -0.05) is 26.7 Å². The summed E-state index contributed by atoms with van der Waals surface area (Å²) in [5, 5.41) is 11.3. The van der Waals surface area contributed by atoms with Gasteiger partial charge in [0.25, 0.3) is 0 Å². The van der Waals surface area contributed by atoms with Crippen molar-refractivity contribution in [3.63, 3.8) is 0 Å². The molecule has 0 aromatic carbocycles. The Bertz CT molecular complexity index is 783. The first kappa shape index (κ1) is 23.2.